The molecule has 3 aromatic rings. The summed E-state index contributed by atoms with van der Waals surface area (Å²) in [7, 11) is 0. The van der Waals surface area contributed by atoms with Gasteiger partial charge in [0.2, 0.25) is 17.6 Å². The van der Waals surface area contributed by atoms with Gasteiger partial charge in [-0.1, -0.05) is 16.8 Å². The summed E-state index contributed by atoms with van der Waals surface area (Å²) in [4.78, 5) is 30.8. The van der Waals surface area contributed by atoms with Crippen LogP contribution in [0.5, 0.6) is 0 Å². The molecule has 2 heterocycles. The Bertz CT molecular complexity index is 1040. The molecule has 0 bridgehead atoms. The van der Waals surface area contributed by atoms with Crippen molar-refractivity contribution in [1.82, 2.24) is 15.0 Å². The molecule has 0 spiro atoms. The van der Waals surface area contributed by atoms with E-state index in [-0.39, 0.29) is 11.8 Å². The molecule has 4 rings (SSSR count). The number of hydrogen-bond donors (Lipinski definition) is 1. The minimum Gasteiger partial charge on any atom is -0.339 e. The number of nitrogens with zero attached hydrogens (tertiary/aromatic N) is 3. The molecule has 0 aliphatic carbocycles. The number of halogens is 1. The largest absolute Gasteiger partial charge is 0.339 e. The van der Waals surface area contributed by atoms with Crippen molar-refractivity contribution in [2.45, 2.75) is 32.1 Å². The number of nitrogens with one attached hydrogen (secondary N) is 1. The smallest absolute Gasteiger partial charge is 0.253 e. The van der Waals surface area contributed by atoms with Crippen LogP contribution in [0.3, 0.4) is 0 Å². The summed E-state index contributed by atoms with van der Waals surface area (Å²) >= 11 is 5.89. The molecule has 0 radical (unpaired) electrons. The maximum atomic E-state index is 12.4. The van der Waals surface area contributed by atoms with Crippen LogP contribution in [0.4, 0.5) is 5.69 Å². The fraction of sp³-hybridized carbons (Fsp3) is 0.304. The first kappa shape index (κ1) is 21.1. The standard InChI is InChI=1S/C23H23ClN4O3/c24-18-10-6-16(7-11-18)22-26-21(31-27-22)5-3-4-20(29)25-19-12-8-17(9-13-19)23(30)28-14-1-2-15-28/h6-13H,1-5,14-15H2,(H,25,29). The van der Waals surface area contributed by atoms with Crippen molar-refractivity contribution in [2.75, 3.05) is 18.4 Å². The Kier molecular flexibility index (Phi) is 6.62. The number of hydrogen-bond acceptors (Lipinski definition) is 5. The van der Waals surface area contributed by atoms with E-state index in [1.54, 1.807) is 36.4 Å². The molecule has 0 saturated carbocycles. The lowest BCUT2D eigenvalue weighted by molar-refractivity contribution is -0.116. The first-order chi connectivity index (χ1) is 15.1. The second-order valence-corrected chi connectivity index (χ2v) is 7.93. The highest BCUT2D eigenvalue weighted by Gasteiger charge is 2.19. The highest BCUT2D eigenvalue weighted by Crippen LogP contribution is 2.19. The van der Waals surface area contributed by atoms with Crippen molar-refractivity contribution in [2.24, 2.45) is 0 Å². The average Bonchev–Trinajstić information content (AvgIpc) is 3.47. The molecule has 1 saturated heterocycles. The maximum absolute atomic E-state index is 12.4. The number of anilines is 1. The van der Waals surface area contributed by atoms with Gasteiger partial charge in [0.25, 0.3) is 5.91 Å². The zero-order valence-corrected chi connectivity index (χ0v) is 17.8. The summed E-state index contributed by atoms with van der Waals surface area (Å²) in [6.07, 6.45) is 3.54. The molecule has 1 aromatic heterocycles. The quantitative estimate of drug-likeness (QED) is 0.583. The van der Waals surface area contributed by atoms with E-state index in [1.165, 1.54) is 0 Å². The first-order valence-corrected chi connectivity index (χ1v) is 10.7. The molecule has 1 aliphatic rings. The van der Waals surface area contributed by atoms with E-state index in [0.29, 0.717) is 47.3 Å². The second kappa shape index (κ2) is 9.75. The molecule has 1 aliphatic heterocycles. The summed E-state index contributed by atoms with van der Waals surface area (Å²) in [6.45, 7) is 1.64. The van der Waals surface area contributed by atoms with Crippen molar-refractivity contribution in [3.8, 4) is 11.4 Å². The lowest BCUT2D eigenvalue weighted by atomic mass is 10.1. The van der Waals surface area contributed by atoms with Gasteiger partial charge >= 0.3 is 0 Å². The third-order valence-corrected chi connectivity index (χ3v) is 5.43. The average molecular weight is 439 g/mol. The Labute approximate surface area is 185 Å². The highest BCUT2D eigenvalue weighted by atomic mass is 35.5. The zero-order valence-electron chi connectivity index (χ0n) is 17.0. The van der Waals surface area contributed by atoms with Crippen molar-refractivity contribution < 1.29 is 14.1 Å². The third-order valence-electron chi connectivity index (χ3n) is 5.17. The van der Waals surface area contributed by atoms with Crippen LogP contribution < -0.4 is 5.32 Å². The van der Waals surface area contributed by atoms with Gasteiger partial charge in [-0.2, -0.15) is 4.98 Å². The van der Waals surface area contributed by atoms with Gasteiger partial charge in [-0.15, -0.1) is 0 Å². The van der Waals surface area contributed by atoms with Gasteiger partial charge in [-0.25, -0.2) is 0 Å². The summed E-state index contributed by atoms with van der Waals surface area (Å²) in [5.74, 6) is 0.936. The van der Waals surface area contributed by atoms with Crippen LogP contribution in [0.2, 0.25) is 5.02 Å². The summed E-state index contributed by atoms with van der Waals surface area (Å²) in [5.41, 5.74) is 2.14. The van der Waals surface area contributed by atoms with Crippen LogP contribution in [0.1, 0.15) is 41.9 Å². The van der Waals surface area contributed by atoms with E-state index in [0.717, 1.165) is 31.5 Å². The lowest BCUT2D eigenvalue weighted by Crippen LogP contribution is -2.27. The van der Waals surface area contributed by atoms with Crippen LogP contribution in [-0.4, -0.2) is 39.9 Å². The molecule has 0 atom stereocenters. The Hall–Kier alpha value is -3.19. The molecular formula is C23H23ClN4O3. The molecule has 2 amide bonds. The predicted molar refractivity (Wildman–Crippen MR) is 118 cm³/mol. The SMILES string of the molecule is O=C(CCCc1nc(-c2ccc(Cl)cc2)no1)Nc1ccc(C(=O)N2CCCC2)cc1. The van der Waals surface area contributed by atoms with Gasteiger partial charge < -0.3 is 14.7 Å². The van der Waals surface area contributed by atoms with E-state index in [2.05, 4.69) is 15.5 Å². The van der Waals surface area contributed by atoms with E-state index >= 15 is 0 Å². The molecule has 8 heteroatoms. The molecule has 2 aromatic carbocycles. The van der Waals surface area contributed by atoms with Gasteiger partial charge in [-0.3, -0.25) is 9.59 Å². The molecule has 1 fully saturated rings. The maximum Gasteiger partial charge on any atom is 0.253 e. The van der Waals surface area contributed by atoms with Crippen molar-refractivity contribution in [3.63, 3.8) is 0 Å². The van der Waals surface area contributed by atoms with E-state index in [4.69, 9.17) is 16.1 Å². The number of amides is 2. The fourth-order valence-electron chi connectivity index (χ4n) is 3.50. The number of aryl methyl sites for hydroxylation is 1. The minimum absolute atomic E-state index is 0.0490. The predicted octanol–water partition coefficient (Wildman–Crippen LogP) is 4.59. The van der Waals surface area contributed by atoms with Crippen molar-refractivity contribution in [3.05, 3.63) is 65.0 Å². The highest BCUT2D eigenvalue weighted by molar-refractivity contribution is 6.30. The Morgan fingerprint density at radius 1 is 1.03 bits per heavy atom. The van der Waals surface area contributed by atoms with E-state index in [1.807, 2.05) is 17.0 Å². The van der Waals surface area contributed by atoms with Crippen LogP contribution >= 0.6 is 11.6 Å². The number of benzene rings is 2. The van der Waals surface area contributed by atoms with Crippen LogP contribution in [0.15, 0.2) is 53.1 Å². The van der Waals surface area contributed by atoms with Gasteiger partial charge in [-0.05, 0) is 67.8 Å². The van der Waals surface area contributed by atoms with Crippen molar-refractivity contribution in [1.29, 1.82) is 0 Å². The number of aromatic nitrogens is 2. The Morgan fingerprint density at radius 2 is 1.74 bits per heavy atom. The summed E-state index contributed by atoms with van der Waals surface area (Å²) in [6, 6.07) is 14.2. The van der Waals surface area contributed by atoms with Crippen LogP contribution in [-0.2, 0) is 11.2 Å². The molecule has 160 valence electrons. The van der Waals surface area contributed by atoms with Gasteiger partial charge in [0.05, 0.1) is 0 Å². The topological polar surface area (TPSA) is 88.3 Å². The fourth-order valence-corrected chi connectivity index (χ4v) is 3.62. The molecule has 0 unspecified atom stereocenters. The monoisotopic (exact) mass is 438 g/mol. The van der Waals surface area contributed by atoms with Gasteiger partial charge in [0.15, 0.2) is 0 Å². The second-order valence-electron chi connectivity index (χ2n) is 7.50. The molecule has 7 nitrogen and oxygen atoms in total. The van der Waals surface area contributed by atoms with Crippen LogP contribution in [0.25, 0.3) is 11.4 Å². The van der Waals surface area contributed by atoms with E-state index in [9.17, 15) is 9.59 Å². The number of likely N-dealkylation sites (tertiary alicyclic amines) is 1. The molecular weight excluding hydrogens is 416 g/mol. The normalized spacial score (nSPS) is 13.4. The number of carbonyl (C=O) groups excluding carboxylic acids is 2. The molecule has 1 N–H and O–H groups in total. The minimum atomic E-state index is -0.101. The number of carbonyl (C=O) groups is 2. The van der Waals surface area contributed by atoms with Crippen LogP contribution in [0, 0.1) is 0 Å². The number of rotatable bonds is 7. The van der Waals surface area contributed by atoms with Crippen molar-refractivity contribution >= 4 is 29.1 Å². The van der Waals surface area contributed by atoms with Gasteiger partial charge in [0.1, 0.15) is 0 Å². The first-order valence-electron chi connectivity index (χ1n) is 10.4. The van der Waals surface area contributed by atoms with Gasteiger partial charge in [0, 0.05) is 47.8 Å². The molecule has 31 heavy (non-hydrogen) atoms. The lowest BCUT2D eigenvalue weighted by Gasteiger charge is -2.15. The van der Waals surface area contributed by atoms with E-state index < -0.39 is 0 Å². The third kappa shape index (κ3) is 5.49. The Morgan fingerprint density at radius 3 is 2.45 bits per heavy atom. The summed E-state index contributed by atoms with van der Waals surface area (Å²) in [5, 5.41) is 7.47. The summed E-state index contributed by atoms with van der Waals surface area (Å²) < 4.78 is 5.27. The Balaban J connectivity index is 1.23. The zero-order chi connectivity index (χ0) is 21.6.